The molecule has 2 aromatic carbocycles. The van der Waals surface area contributed by atoms with E-state index in [1.807, 2.05) is 30.3 Å². The van der Waals surface area contributed by atoms with Gasteiger partial charge < -0.3 is 5.32 Å². The summed E-state index contributed by atoms with van der Waals surface area (Å²) in [6, 6.07) is 15.4. The fourth-order valence-electron chi connectivity index (χ4n) is 3.24. The zero-order chi connectivity index (χ0) is 21.1. The smallest absolute Gasteiger partial charge is 0.264 e. The maximum atomic E-state index is 13.2. The third kappa shape index (κ3) is 3.98. The minimum atomic E-state index is -0.354. The van der Waals surface area contributed by atoms with E-state index in [4.69, 9.17) is 0 Å². The molecule has 1 N–H and O–H groups in total. The van der Waals surface area contributed by atoms with Crippen LogP contribution in [0.5, 0.6) is 0 Å². The summed E-state index contributed by atoms with van der Waals surface area (Å²) in [6.45, 7) is 2.37. The average molecular weight is 405 g/mol. The van der Waals surface area contributed by atoms with Crippen molar-refractivity contribution in [3.63, 3.8) is 0 Å². The zero-order valence-electron chi connectivity index (χ0n) is 16.4. The van der Waals surface area contributed by atoms with Crippen LogP contribution in [-0.2, 0) is 17.9 Å². The molecule has 2 heterocycles. The van der Waals surface area contributed by atoms with Crippen LogP contribution < -0.4 is 10.9 Å². The summed E-state index contributed by atoms with van der Waals surface area (Å²) in [5.41, 5.74) is 1.75. The van der Waals surface area contributed by atoms with Gasteiger partial charge in [0, 0.05) is 19.5 Å². The van der Waals surface area contributed by atoms with Gasteiger partial charge >= 0.3 is 0 Å². The molecule has 0 saturated carbocycles. The molecule has 0 aliphatic rings. The van der Waals surface area contributed by atoms with Gasteiger partial charge in [-0.1, -0.05) is 30.3 Å². The predicted octanol–water partition coefficient (Wildman–Crippen LogP) is 2.74. The highest BCUT2D eigenvalue weighted by Gasteiger charge is 2.15. The summed E-state index contributed by atoms with van der Waals surface area (Å²) in [7, 11) is 0. The lowest BCUT2D eigenvalue weighted by molar-refractivity contribution is -0.121. The van der Waals surface area contributed by atoms with Crippen LogP contribution in [-0.4, -0.2) is 25.2 Å². The molecule has 7 nitrogen and oxygen atoms in total. The van der Waals surface area contributed by atoms with Crippen molar-refractivity contribution in [1.82, 2.24) is 24.6 Å². The first kappa shape index (κ1) is 19.5. The predicted molar refractivity (Wildman–Crippen MR) is 111 cm³/mol. The molecule has 8 heteroatoms. The van der Waals surface area contributed by atoms with E-state index in [9.17, 15) is 14.0 Å². The Morgan fingerprint density at radius 3 is 2.57 bits per heavy atom. The number of nitrogens with one attached hydrogen (secondary N) is 1. The number of aromatic nitrogens is 4. The molecule has 4 aromatic rings. The Balaban J connectivity index is 1.51. The van der Waals surface area contributed by atoms with Gasteiger partial charge in [-0.15, -0.1) is 0 Å². The highest BCUT2D eigenvalue weighted by atomic mass is 19.1. The molecular formula is C22H20FN5O2. The maximum Gasteiger partial charge on any atom is 0.264 e. The number of rotatable bonds is 6. The largest absolute Gasteiger partial charge is 0.352 e. The van der Waals surface area contributed by atoms with E-state index in [1.54, 1.807) is 19.1 Å². The standard InChI is InChI=1S/C22H20FN5O2/c1-15-26-21-19(14-25-28(21)18-9-7-17(23)8-10-18)22(30)27(15)12-11-20(29)24-13-16-5-3-2-4-6-16/h2-10,14H,11-13H2,1H3,(H,24,29). The Bertz CT molecular complexity index is 1250. The molecule has 0 bridgehead atoms. The zero-order valence-corrected chi connectivity index (χ0v) is 16.4. The van der Waals surface area contributed by atoms with Crippen LogP contribution >= 0.6 is 0 Å². The van der Waals surface area contributed by atoms with Crippen LogP contribution in [0.25, 0.3) is 16.7 Å². The first-order chi connectivity index (χ1) is 14.5. The van der Waals surface area contributed by atoms with Gasteiger partial charge in [0.25, 0.3) is 5.56 Å². The molecule has 0 radical (unpaired) electrons. The molecule has 152 valence electrons. The number of carbonyl (C=O) groups excluding carboxylic acids is 1. The Labute approximate surface area is 171 Å². The molecule has 4 rings (SSSR count). The quantitative estimate of drug-likeness (QED) is 0.535. The summed E-state index contributed by atoms with van der Waals surface area (Å²) < 4.78 is 16.2. The maximum absolute atomic E-state index is 13.2. The van der Waals surface area contributed by atoms with Crippen molar-refractivity contribution in [3.05, 3.63) is 88.4 Å². The highest BCUT2D eigenvalue weighted by Crippen LogP contribution is 2.15. The minimum Gasteiger partial charge on any atom is -0.352 e. The van der Waals surface area contributed by atoms with Crippen molar-refractivity contribution >= 4 is 16.9 Å². The van der Waals surface area contributed by atoms with Crippen LogP contribution in [0.2, 0.25) is 0 Å². The second-order valence-corrected chi connectivity index (χ2v) is 6.90. The third-order valence-corrected chi connectivity index (χ3v) is 4.84. The van der Waals surface area contributed by atoms with E-state index in [0.29, 0.717) is 29.1 Å². The van der Waals surface area contributed by atoms with Crippen molar-refractivity contribution in [1.29, 1.82) is 0 Å². The molecule has 0 spiro atoms. The fourth-order valence-corrected chi connectivity index (χ4v) is 3.24. The van der Waals surface area contributed by atoms with Gasteiger partial charge in [-0.3, -0.25) is 14.2 Å². The topological polar surface area (TPSA) is 81.8 Å². The normalized spacial score (nSPS) is 11.0. The first-order valence-corrected chi connectivity index (χ1v) is 9.54. The Morgan fingerprint density at radius 1 is 1.10 bits per heavy atom. The summed E-state index contributed by atoms with van der Waals surface area (Å²) >= 11 is 0. The van der Waals surface area contributed by atoms with E-state index in [0.717, 1.165) is 5.56 Å². The van der Waals surface area contributed by atoms with Crippen LogP contribution in [0.4, 0.5) is 4.39 Å². The van der Waals surface area contributed by atoms with E-state index in [-0.39, 0.29) is 30.2 Å². The van der Waals surface area contributed by atoms with E-state index >= 15 is 0 Å². The van der Waals surface area contributed by atoms with Crippen molar-refractivity contribution in [2.75, 3.05) is 0 Å². The SMILES string of the molecule is Cc1nc2c(cnn2-c2ccc(F)cc2)c(=O)n1CCC(=O)NCc1ccccc1. The lowest BCUT2D eigenvalue weighted by atomic mass is 10.2. The fraction of sp³-hybridized carbons (Fsp3) is 0.182. The van der Waals surface area contributed by atoms with Gasteiger partial charge in [-0.05, 0) is 36.8 Å². The molecule has 0 aliphatic heterocycles. The summed E-state index contributed by atoms with van der Waals surface area (Å²) in [5.74, 6) is -0.0215. The second-order valence-electron chi connectivity index (χ2n) is 6.90. The Kier molecular flexibility index (Phi) is 5.38. The molecule has 0 unspecified atom stereocenters. The molecule has 0 aliphatic carbocycles. The van der Waals surface area contributed by atoms with Gasteiger partial charge in [0.1, 0.15) is 17.0 Å². The van der Waals surface area contributed by atoms with Crippen LogP contribution in [0, 0.1) is 12.7 Å². The summed E-state index contributed by atoms with van der Waals surface area (Å²) in [4.78, 5) is 29.6. The van der Waals surface area contributed by atoms with E-state index in [2.05, 4.69) is 15.4 Å². The van der Waals surface area contributed by atoms with Crippen LogP contribution in [0.1, 0.15) is 17.8 Å². The Hall–Kier alpha value is -3.81. The lowest BCUT2D eigenvalue weighted by Gasteiger charge is -2.11. The highest BCUT2D eigenvalue weighted by molar-refractivity contribution is 5.76. The van der Waals surface area contributed by atoms with Gasteiger partial charge in [-0.25, -0.2) is 14.1 Å². The minimum absolute atomic E-state index is 0.146. The number of fused-ring (bicyclic) bond motifs is 1. The van der Waals surface area contributed by atoms with Crippen molar-refractivity contribution in [2.24, 2.45) is 0 Å². The van der Waals surface area contributed by atoms with Crippen molar-refractivity contribution in [3.8, 4) is 5.69 Å². The monoisotopic (exact) mass is 405 g/mol. The molecule has 0 atom stereocenters. The average Bonchev–Trinajstić information content (AvgIpc) is 3.17. The van der Waals surface area contributed by atoms with Crippen molar-refractivity contribution in [2.45, 2.75) is 26.4 Å². The number of halogens is 1. The van der Waals surface area contributed by atoms with Crippen LogP contribution in [0.3, 0.4) is 0 Å². The Morgan fingerprint density at radius 2 is 1.83 bits per heavy atom. The molecule has 30 heavy (non-hydrogen) atoms. The van der Waals surface area contributed by atoms with Gasteiger partial charge in [0.2, 0.25) is 5.91 Å². The van der Waals surface area contributed by atoms with E-state index in [1.165, 1.54) is 27.6 Å². The molecule has 0 saturated heterocycles. The summed E-state index contributed by atoms with van der Waals surface area (Å²) in [6.07, 6.45) is 1.60. The third-order valence-electron chi connectivity index (χ3n) is 4.84. The summed E-state index contributed by atoms with van der Waals surface area (Å²) in [5, 5.41) is 7.43. The number of carbonyl (C=O) groups is 1. The number of amides is 1. The first-order valence-electron chi connectivity index (χ1n) is 9.54. The number of benzene rings is 2. The van der Waals surface area contributed by atoms with Crippen LogP contribution in [0.15, 0.2) is 65.6 Å². The van der Waals surface area contributed by atoms with Gasteiger partial charge in [0.15, 0.2) is 5.65 Å². The van der Waals surface area contributed by atoms with Gasteiger partial charge in [-0.2, -0.15) is 5.10 Å². The second kappa shape index (κ2) is 8.28. The molecule has 1 amide bonds. The van der Waals surface area contributed by atoms with Gasteiger partial charge in [0.05, 0.1) is 11.9 Å². The lowest BCUT2D eigenvalue weighted by Crippen LogP contribution is -2.29. The molecule has 0 fully saturated rings. The number of hydrogen-bond acceptors (Lipinski definition) is 4. The van der Waals surface area contributed by atoms with E-state index < -0.39 is 0 Å². The molecular weight excluding hydrogens is 385 g/mol. The number of nitrogens with zero attached hydrogens (tertiary/aromatic N) is 4. The van der Waals surface area contributed by atoms with Crippen molar-refractivity contribution < 1.29 is 9.18 Å². The molecule has 2 aromatic heterocycles. The number of aryl methyl sites for hydroxylation is 1. The number of hydrogen-bond donors (Lipinski definition) is 1.